The summed E-state index contributed by atoms with van der Waals surface area (Å²) in [6, 6.07) is 11.9. The van der Waals surface area contributed by atoms with Crippen LogP contribution in [0.1, 0.15) is 24.3 Å². The molecule has 0 saturated carbocycles. The Labute approximate surface area is 135 Å². The summed E-state index contributed by atoms with van der Waals surface area (Å²) >= 11 is 0. The lowest BCUT2D eigenvalue weighted by Crippen LogP contribution is -2.17. The highest BCUT2D eigenvalue weighted by atomic mass is 16.5. The van der Waals surface area contributed by atoms with E-state index >= 15 is 0 Å². The second-order valence-electron chi connectivity index (χ2n) is 4.85. The molecule has 0 amide bonds. The highest BCUT2D eigenvalue weighted by Gasteiger charge is 2.12. The molecule has 2 aromatic rings. The van der Waals surface area contributed by atoms with Crippen LogP contribution < -0.4 is 14.9 Å². The molecule has 0 aliphatic carbocycles. The Kier molecular flexibility index (Phi) is 5.43. The normalized spacial score (nSPS) is 12.6. The monoisotopic (exact) mass is 316 g/mol. The van der Waals surface area contributed by atoms with Crippen molar-refractivity contribution in [3.63, 3.8) is 0 Å². The third-order valence-corrected chi connectivity index (χ3v) is 3.38. The molecule has 0 radical (unpaired) electrons. The number of nitrogens with one attached hydrogen (secondary N) is 1. The molecule has 0 unspecified atom stereocenters. The van der Waals surface area contributed by atoms with Crippen molar-refractivity contribution in [2.75, 3.05) is 14.2 Å². The lowest BCUT2D eigenvalue weighted by atomic mass is 10.1. The fourth-order valence-electron chi connectivity index (χ4n) is 2.10. The van der Waals surface area contributed by atoms with E-state index in [1.807, 2.05) is 6.07 Å². The molecule has 0 aliphatic heterocycles. The van der Waals surface area contributed by atoms with E-state index in [1.165, 1.54) is 6.07 Å². The zero-order valence-corrected chi connectivity index (χ0v) is 13.3. The summed E-state index contributed by atoms with van der Waals surface area (Å²) < 4.78 is 10.5. The quantitative estimate of drug-likeness (QED) is 0.433. The van der Waals surface area contributed by atoms with Gasteiger partial charge in [0.2, 0.25) is 0 Å². The average Bonchev–Trinajstić information content (AvgIpc) is 2.59. The van der Waals surface area contributed by atoms with Crippen LogP contribution in [0.15, 0.2) is 47.6 Å². The predicted octanol–water partition coefficient (Wildman–Crippen LogP) is 2.41. The van der Waals surface area contributed by atoms with Crippen LogP contribution >= 0.6 is 0 Å². The van der Waals surface area contributed by atoms with E-state index in [4.69, 9.17) is 9.47 Å². The van der Waals surface area contributed by atoms with Crippen LogP contribution in [0, 0.1) is 0 Å². The van der Waals surface area contributed by atoms with Gasteiger partial charge in [0.25, 0.3) is 0 Å². The second kappa shape index (κ2) is 7.51. The van der Waals surface area contributed by atoms with E-state index in [9.17, 15) is 10.2 Å². The number of hydrogen-bond donors (Lipinski definition) is 3. The molecule has 2 rings (SSSR count). The molecule has 0 spiro atoms. The molecule has 0 aliphatic rings. The molecular weight excluding hydrogens is 296 g/mol. The SMILES string of the molecule is COc1ccc(/C(C)=N\N[C@H](O)c2ccccc2O)c(OC)c1. The molecular formula is C17H20N2O4. The highest BCUT2D eigenvalue weighted by Crippen LogP contribution is 2.25. The summed E-state index contributed by atoms with van der Waals surface area (Å²) in [6.07, 6.45) is -1.12. The van der Waals surface area contributed by atoms with Crippen LogP contribution in [0.5, 0.6) is 17.2 Å². The number of rotatable bonds is 6. The van der Waals surface area contributed by atoms with Crippen molar-refractivity contribution in [3.05, 3.63) is 53.6 Å². The van der Waals surface area contributed by atoms with E-state index < -0.39 is 6.23 Å². The van der Waals surface area contributed by atoms with Gasteiger partial charge in [-0.1, -0.05) is 18.2 Å². The Hall–Kier alpha value is -2.73. The van der Waals surface area contributed by atoms with E-state index in [0.29, 0.717) is 22.8 Å². The van der Waals surface area contributed by atoms with Gasteiger partial charge in [-0.05, 0) is 25.1 Å². The van der Waals surface area contributed by atoms with Crippen molar-refractivity contribution >= 4 is 5.71 Å². The Morgan fingerprint density at radius 3 is 2.52 bits per heavy atom. The number of phenols is 1. The van der Waals surface area contributed by atoms with Crippen LogP contribution in [0.2, 0.25) is 0 Å². The van der Waals surface area contributed by atoms with E-state index in [-0.39, 0.29) is 5.75 Å². The maximum Gasteiger partial charge on any atom is 0.169 e. The number of ether oxygens (including phenoxy) is 2. The molecule has 0 bridgehead atoms. The number of phenolic OH excluding ortho intramolecular Hbond substituents is 1. The topological polar surface area (TPSA) is 83.3 Å². The van der Waals surface area contributed by atoms with E-state index in [1.54, 1.807) is 51.5 Å². The average molecular weight is 316 g/mol. The largest absolute Gasteiger partial charge is 0.507 e. The van der Waals surface area contributed by atoms with Crippen LogP contribution in [0.4, 0.5) is 0 Å². The molecule has 23 heavy (non-hydrogen) atoms. The Morgan fingerprint density at radius 1 is 1.13 bits per heavy atom. The number of aliphatic hydroxyl groups is 1. The molecule has 3 N–H and O–H groups in total. The van der Waals surface area contributed by atoms with E-state index in [0.717, 1.165) is 5.56 Å². The molecule has 0 fully saturated rings. The van der Waals surface area contributed by atoms with Crippen molar-refractivity contribution in [2.24, 2.45) is 5.10 Å². The van der Waals surface area contributed by atoms with Crippen molar-refractivity contribution < 1.29 is 19.7 Å². The van der Waals surface area contributed by atoms with Gasteiger partial charge in [-0.3, -0.25) is 5.43 Å². The number of para-hydroxylation sites is 1. The number of aliphatic hydroxyl groups excluding tert-OH is 1. The zero-order valence-electron chi connectivity index (χ0n) is 13.3. The van der Waals surface area contributed by atoms with Gasteiger partial charge >= 0.3 is 0 Å². The number of benzene rings is 2. The number of hydrogen-bond acceptors (Lipinski definition) is 6. The van der Waals surface area contributed by atoms with Crippen LogP contribution in [-0.2, 0) is 0 Å². The van der Waals surface area contributed by atoms with E-state index in [2.05, 4.69) is 10.5 Å². The first-order valence-corrected chi connectivity index (χ1v) is 7.05. The Morgan fingerprint density at radius 2 is 1.87 bits per heavy atom. The minimum atomic E-state index is -1.12. The third-order valence-electron chi connectivity index (χ3n) is 3.38. The maximum atomic E-state index is 10.1. The van der Waals surface area contributed by atoms with Gasteiger partial charge in [0.05, 0.1) is 19.9 Å². The zero-order chi connectivity index (χ0) is 16.8. The summed E-state index contributed by atoms with van der Waals surface area (Å²) in [4.78, 5) is 0. The van der Waals surface area contributed by atoms with Gasteiger partial charge in [0, 0.05) is 17.2 Å². The molecule has 0 saturated heterocycles. The maximum absolute atomic E-state index is 10.1. The molecule has 0 aromatic heterocycles. The summed E-state index contributed by atoms with van der Waals surface area (Å²) in [6.45, 7) is 1.79. The van der Waals surface area contributed by atoms with Crippen molar-refractivity contribution in [2.45, 2.75) is 13.2 Å². The van der Waals surface area contributed by atoms with Crippen molar-refractivity contribution in [1.82, 2.24) is 5.43 Å². The minimum Gasteiger partial charge on any atom is -0.507 e. The third kappa shape index (κ3) is 3.92. The molecule has 0 heterocycles. The Balaban J connectivity index is 2.18. The van der Waals surface area contributed by atoms with Gasteiger partial charge in [-0.2, -0.15) is 5.10 Å². The summed E-state index contributed by atoms with van der Waals surface area (Å²) in [5.41, 5.74) is 4.36. The molecule has 1 atom stereocenters. The molecule has 6 nitrogen and oxygen atoms in total. The molecule has 6 heteroatoms. The van der Waals surface area contributed by atoms with Crippen LogP contribution in [-0.4, -0.2) is 30.1 Å². The number of methoxy groups -OCH3 is 2. The lowest BCUT2D eigenvalue weighted by molar-refractivity contribution is 0.138. The number of nitrogens with zero attached hydrogens (tertiary/aromatic N) is 1. The fraction of sp³-hybridized carbons (Fsp3) is 0.235. The summed E-state index contributed by atoms with van der Waals surface area (Å²) in [5.74, 6) is 1.30. The molecule has 122 valence electrons. The van der Waals surface area contributed by atoms with Gasteiger partial charge in [-0.15, -0.1) is 0 Å². The van der Waals surface area contributed by atoms with Gasteiger partial charge in [0.15, 0.2) is 6.23 Å². The van der Waals surface area contributed by atoms with Gasteiger partial charge in [-0.25, -0.2) is 0 Å². The van der Waals surface area contributed by atoms with Gasteiger partial charge in [0.1, 0.15) is 17.2 Å². The standard InChI is InChI=1S/C17H20N2O4/c1-11(13-9-8-12(22-2)10-16(13)23-3)18-19-17(21)14-6-4-5-7-15(14)20/h4-10,17,19-21H,1-3H3/b18-11-/t17-/m1/s1. The summed E-state index contributed by atoms with van der Waals surface area (Å²) in [7, 11) is 3.15. The van der Waals surface area contributed by atoms with Crippen LogP contribution in [0.25, 0.3) is 0 Å². The lowest BCUT2D eigenvalue weighted by Gasteiger charge is -2.14. The van der Waals surface area contributed by atoms with Crippen molar-refractivity contribution in [1.29, 1.82) is 0 Å². The smallest absolute Gasteiger partial charge is 0.169 e. The first-order chi connectivity index (χ1) is 11.1. The van der Waals surface area contributed by atoms with Crippen LogP contribution in [0.3, 0.4) is 0 Å². The van der Waals surface area contributed by atoms with Crippen molar-refractivity contribution in [3.8, 4) is 17.2 Å². The Bertz CT molecular complexity index is 701. The number of hydrazone groups is 1. The van der Waals surface area contributed by atoms with Gasteiger partial charge < -0.3 is 19.7 Å². The fourth-order valence-corrected chi connectivity index (χ4v) is 2.10. The molecule has 2 aromatic carbocycles. The predicted molar refractivity (Wildman–Crippen MR) is 88.0 cm³/mol. The number of aromatic hydroxyl groups is 1. The first-order valence-electron chi connectivity index (χ1n) is 7.05. The second-order valence-corrected chi connectivity index (χ2v) is 4.85. The highest BCUT2D eigenvalue weighted by molar-refractivity contribution is 6.01. The summed E-state index contributed by atoms with van der Waals surface area (Å²) in [5, 5.41) is 24.0. The first kappa shape index (κ1) is 16.6. The minimum absolute atomic E-state index is 0.00220.